The number of fused-ring (bicyclic) bond motifs is 1. The highest BCUT2D eigenvalue weighted by Crippen LogP contribution is 2.35. The van der Waals surface area contributed by atoms with Crippen LogP contribution in [0.1, 0.15) is 5.56 Å². The summed E-state index contributed by atoms with van der Waals surface area (Å²) in [6.45, 7) is 0.442. The number of hydrogen-bond donors (Lipinski definition) is 1. The van der Waals surface area contributed by atoms with Crippen molar-refractivity contribution in [2.45, 2.75) is 18.7 Å². The molecule has 5 aromatic rings. The van der Waals surface area contributed by atoms with Gasteiger partial charge in [0.05, 0.1) is 20.2 Å². The molecule has 2 aromatic heterocycles. The maximum atomic E-state index is 11.9. The standard InChI is InChI=1S/C26H22Cl2N4O2/c1-34-22-6-2-18(3-7-22)19-4-9-25-20(12-19)10-11-31(25)14-26(33,15-32-17-29-16-30-32)23-8-5-21(27)13-24(23)28/h2-13,16-17,33H,14-15H2,1H3. The van der Waals surface area contributed by atoms with Crippen LogP contribution in [-0.2, 0) is 18.7 Å². The monoisotopic (exact) mass is 492 g/mol. The Hall–Kier alpha value is -3.32. The van der Waals surface area contributed by atoms with Gasteiger partial charge in [-0.2, -0.15) is 5.10 Å². The fourth-order valence-electron chi connectivity index (χ4n) is 4.25. The van der Waals surface area contributed by atoms with E-state index in [1.807, 2.05) is 41.1 Å². The minimum absolute atomic E-state index is 0.179. The third-order valence-corrected chi connectivity index (χ3v) is 6.50. The number of aromatic nitrogens is 4. The third-order valence-electron chi connectivity index (χ3n) is 5.95. The first-order chi connectivity index (χ1) is 16.4. The quantitative estimate of drug-likeness (QED) is 0.311. The van der Waals surface area contributed by atoms with Crippen molar-refractivity contribution in [3.8, 4) is 16.9 Å². The first-order valence-electron chi connectivity index (χ1n) is 10.7. The molecular weight excluding hydrogens is 471 g/mol. The summed E-state index contributed by atoms with van der Waals surface area (Å²) < 4.78 is 8.88. The van der Waals surface area contributed by atoms with E-state index in [1.54, 1.807) is 36.3 Å². The second-order valence-electron chi connectivity index (χ2n) is 8.19. The fraction of sp³-hybridized carbons (Fsp3) is 0.154. The molecule has 3 aromatic carbocycles. The topological polar surface area (TPSA) is 65.1 Å². The summed E-state index contributed by atoms with van der Waals surface area (Å²) in [5.74, 6) is 0.823. The van der Waals surface area contributed by atoms with Gasteiger partial charge in [-0.25, -0.2) is 9.67 Å². The minimum Gasteiger partial charge on any atom is -0.497 e. The maximum absolute atomic E-state index is 11.9. The number of rotatable bonds is 7. The molecule has 172 valence electrons. The molecule has 0 fully saturated rings. The zero-order valence-electron chi connectivity index (χ0n) is 18.4. The largest absolute Gasteiger partial charge is 0.497 e. The van der Waals surface area contributed by atoms with Crippen molar-refractivity contribution in [2.75, 3.05) is 7.11 Å². The Bertz CT molecular complexity index is 1430. The van der Waals surface area contributed by atoms with E-state index in [9.17, 15) is 5.11 Å². The highest BCUT2D eigenvalue weighted by Gasteiger charge is 2.33. The summed E-state index contributed by atoms with van der Waals surface area (Å²) >= 11 is 12.6. The molecule has 34 heavy (non-hydrogen) atoms. The second-order valence-corrected chi connectivity index (χ2v) is 9.04. The van der Waals surface area contributed by atoms with Crippen LogP contribution in [-0.4, -0.2) is 31.5 Å². The average Bonchev–Trinajstić information content (AvgIpc) is 3.48. The molecule has 0 bridgehead atoms. The van der Waals surface area contributed by atoms with E-state index in [0.717, 1.165) is 27.8 Å². The van der Waals surface area contributed by atoms with E-state index in [4.69, 9.17) is 27.9 Å². The van der Waals surface area contributed by atoms with E-state index in [2.05, 4.69) is 28.3 Å². The molecule has 1 atom stereocenters. The lowest BCUT2D eigenvalue weighted by Gasteiger charge is -2.30. The summed E-state index contributed by atoms with van der Waals surface area (Å²) in [4.78, 5) is 4.00. The van der Waals surface area contributed by atoms with Gasteiger partial charge in [0, 0.05) is 32.7 Å². The summed E-state index contributed by atoms with van der Waals surface area (Å²) in [7, 11) is 1.66. The van der Waals surface area contributed by atoms with Crippen molar-refractivity contribution < 1.29 is 9.84 Å². The Morgan fingerprint density at radius 3 is 2.44 bits per heavy atom. The molecule has 2 heterocycles. The van der Waals surface area contributed by atoms with E-state index in [0.29, 0.717) is 15.6 Å². The molecule has 0 aliphatic rings. The smallest absolute Gasteiger partial charge is 0.137 e. The van der Waals surface area contributed by atoms with Crippen LogP contribution in [0, 0.1) is 0 Å². The van der Waals surface area contributed by atoms with Gasteiger partial charge in [-0.1, -0.05) is 47.5 Å². The lowest BCUT2D eigenvalue weighted by molar-refractivity contribution is -0.00103. The van der Waals surface area contributed by atoms with Gasteiger partial charge in [-0.3, -0.25) is 0 Å². The molecule has 0 amide bonds. The van der Waals surface area contributed by atoms with Gasteiger partial charge >= 0.3 is 0 Å². The first kappa shape index (κ1) is 22.5. The Kier molecular flexibility index (Phi) is 6.04. The molecule has 0 aliphatic heterocycles. The van der Waals surface area contributed by atoms with Crippen LogP contribution < -0.4 is 4.74 Å². The molecule has 0 radical (unpaired) electrons. The van der Waals surface area contributed by atoms with Crippen LogP contribution in [0.5, 0.6) is 5.75 Å². The van der Waals surface area contributed by atoms with Crippen molar-refractivity contribution in [2.24, 2.45) is 0 Å². The summed E-state index contributed by atoms with van der Waals surface area (Å²) in [5, 5.41) is 18.0. The van der Waals surface area contributed by atoms with E-state index in [-0.39, 0.29) is 13.1 Å². The Balaban J connectivity index is 1.51. The lowest BCUT2D eigenvalue weighted by atomic mass is 9.93. The molecule has 1 unspecified atom stereocenters. The van der Waals surface area contributed by atoms with E-state index >= 15 is 0 Å². The fourth-order valence-corrected chi connectivity index (χ4v) is 4.84. The van der Waals surface area contributed by atoms with Gasteiger partial charge in [-0.05, 0) is 53.6 Å². The molecule has 5 rings (SSSR count). The molecule has 8 heteroatoms. The van der Waals surface area contributed by atoms with Crippen molar-refractivity contribution in [1.29, 1.82) is 0 Å². The zero-order valence-corrected chi connectivity index (χ0v) is 19.9. The van der Waals surface area contributed by atoms with Crippen LogP contribution in [0.25, 0.3) is 22.0 Å². The number of aliphatic hydroxyl groups is 1. The highest BCUT2D eigenvalue weighted by atomic mass is 35.5. The first-order valence-corrected chi connectivity index (χ1v) is 11.4. The van der Waals surface area contributed by atoms with Crippen LogP contribution >= 0.6 is 23.2 Å². The van der Waals surface area contributed by atoms with Gasteiger partial charge in [-0.15, -0.1) is 0 Å². The molecular formula is C26H22Cl2N4O2. The Morgan fingerprint density at radius 1 is 0.941 bits per heavy atom. The second kappa shape index (κ2) is 9.14. The summed E-state index contributed by atoms with van der Waals surface area (Å²) in [6.07, 6.45) is 4.98. The number of hydrogen-bond acceptors (Lipinski definition) is 4. The predicted molar refractivity (Wildman–Crippen MR) is 134 cm³/mol. The number of ether oxygens (including phenoxy) is 1. The zero-order chi connectivity index (χ0) is 23.7. The van der Waals surface area contributed by atoms with Gasteiger partial charge < -0.3 is 14.4 Å². The van der Waals surface area contributed by atoms with Crippen molar-refractivity contribution >= 4 is 34.1 Å². The number of benzene rings is 3. The molecule has 0 saturated carbocycles. The van der Waals surface area contributed by atoms with Crippen LogP contribution in [0.15, 0.2) is 85.6 Å². The molecule has 6 nitrogen and oxygen atoms in total. The van der Waals surface area contributed by atoms with Crippen molar-refractivity contribution in [3.05, 3.63) is 101 Å². The number of methoxy groups -OCH3 is 1. The third kappa shape index (κ3) is 4.40. The predicted octanol–water partition coefficient (Wildman–Crippen LogP) is 5.80. The van der Waals surface area contributed by atoms with Gasteiger partial charge in [0.15, 0.2) is 0 Å². The lowest BCUT2D eigenvalue weighted by Crippen LogP contribution is -2.36. The van der Waals surface area contributed by atoms with Crippen LogP contribution in [0.2, 0.25) is 10.0 Å². The molecule has 0 aliphatic carbocycles. The Labute approximate surface area is 207 Å². The van der Waals surface area contributed by atoms with Crippen molar-refractivity contribution in [3.63, 3.8) is 0 Å². The maximum Gasteiger partial charge on any atom is 0.137 e. The van der Waals surface area contributed by atoms with Gasteiger partial charge in [0.25, 0.3) is 0 Å². The van der Waals surface area contributed by atoms with Crippen molar-refractivity contribution in [1.82, 2.24) is 19.3 Å². The SMILES string of the molecule is COc1ccc(-c2ccc3c(ccn3CC(O)(Cn3cncn3)c3ccc(Cl)cc3Cl)c2)cc1. The minimum atomic E-state index is -1.35. The molecule has 0 spiro atoms. The normalized spacial score (nSPS) is 13.2. The molecule has 1 N–H and O–H groups in total. The summed E-state index contributed by atoms with van der Waals surface area (Å²) in [6, 6.07) is 21.4. The average molecular weight is 493 g/mol. The van der Waals surface area contributed by atoms with Crippen LogP contribution in [0.4, 0.5) is 0 Å². The van der Waals surface area contributed by atoms with Gasteiger partial charge in [0.1, 0.15) is 24.0 Å². The molecule has 0 saturated heterocycles. The number of nitrogens with zero attached hydrogens (tertiary/aromatic N) is 4. The van der Waals surface area contributed by atoms with E-state index < -0.39 is 5.60 Å². The van der Waals surface area contributed by atoms with Crippen LogP contribution in [0.3, 0.4) is 0 Å². The van der Waals surface area contributed by atoms with E-state index in [1.165, 1.54) is 6.33 Å². The Morgan fingerprint density at radius 2 is 1.74 bits per heavy atom. The highest BCUT2D eigenvalue weighted by molar-refractivity contribution is 6.35. The van der Waals surface area contributed by atoms with Gasteiger partial charge in [0.2, 0.25) is 0 Å². The summed E-state index contributed by atoms with van der Waals surface area (Å²) in [5.41, 5.74) is 2.43. The number of halogens is 2.